The normalized spacial score (nSPS) is 11.0. The summed E-state index contributed by atoms with van der Waals surface area (Å²) in [5.74, 6) is 0.762. The summed E-state index contributed by atoms with van der Waals surface area (Å²) in [5.41, 5.74) is 0.506. The van der Waals surface area contributed by atoms with Crippen molar-refractivity contribution in [3.05, 3.63) is 17.5 Å². The Kier molecular flexibility index (Phi) is 3.46. The van der Waals surface area contributed by atoms with Crippen LogP contribution in [0.5, 0.6) is 0 Å². The molecule has 0 atom stereocenters. The zero-order chi connectivity index (χ0) is 8.48. The van der Waals surface area contributed by atoms with E-state index in [1.807, 2.05) is 26.8 Å². The molecule has 12 heavy (non-hydrogen) atoms. The molecule has 0 aliphatic carbocycles. The van der Waals surface area contributed by atoms with Gasteiger partial charge in [0.05, 0.1) is 5.69 Å². The van der Waals surface area contributed by atoms with E-state index in [4.69, 9.17) is 9.26 Å². The molecule has 0 bridgehead atoms. The van der Waals surface area contributed by atoms with Crippen LogP contribution in [0.1, 0.15) is 32.7 Å². The van der Waals surface area contributed by atoms with Crippen LogP contribution in [0.15, 0.2) is 10.6 Å². The van der Waals surface area contributed by atoms with Crippen molar-refractivity contribution in [2.24, 2.45) is 0 Å². The molecule has 0 fully saturated rings. The second-order valence-corrected chi connectivity index (χ2v) is 3.05. The van der Waals surface area contributed by atoms with Gasteiger partial charge in [0.15, 0.2) is 5.76 Å². The van der Waals surface area contributed by atoms with Gasteiger partial charge in [-0.25, -0.2) is 0 Å². The Balaban J connectivity index is 0.00000121. The number of methoxy groups -OCH3 is 1. The molecular weight excluding hydrogens is 154 g/mol. The van der Waals surface area contributed by atoms with E-state index in [0.29, 0.717) is 0 Å². The van der Waals surface area contributed by atoms with Crippen LogP contribution in [0, 0.1) is 6.92 Å². The zero-order valence-corrected chi connectivity index (χ0v) is 7.34. The first-order chi connectivity index (χ1) is 5.06. The molecule has 0 saturated carbocycles. The van der Waals surface area contributed by atoms with Crippen molar-refractivity contribution in [1.29, 1.82) is 0 Å². The van der Waals surface area contributed by atoms with E-state index in [2.05, 4.69) is 5.16 Å². The summed E-state index contributed by atoms with van der Waals surface area (Å²) in [7, 11) is 1.65. The Hall–Kier alpha value is -0.830. The molecule has 0 aliphatic heterocycles. The number of hydrogen-bond donors (Lipinski definition) is 0. The standard InChI is InChI=1S/C8H13NO2.CH4/c1-6-5-7(11-9-6)8(2,3)10-4;/h5H,1-4H3;1H4. The van der Waals surface area contributed by atoms with E-state index in [9.17, 15) is 0 Å². The summed E-state index contributed by atoms with van der Waals surface area (Å²) in [6.45, 7) is 5.76. The van der Waals surface area contributed by atoms with Gasteiger partial charge in [0.1, 0.15) is 5.60 Å². The van der Waals surface area contributed by atoms with Gasteiger partial charge in [-0.2, -0.15) is 0 Å². The molecular formula is C9H17NO2. The molecule has 0 unspecified atom stereocenters. The molecule has 1 aromatic heterocycles. The Bertz CT molecular complexity index is 240. The SMILES string of the molecule is C.COC(C)(C)c1cc(C)no1. The van der Waals surface area contributed by atoms with Crippen molar-refractivity contribution >= 4 is 0 Å². The van der Waals surface area contributed by atoms with Crippen LogP contribution in [0.25, 0.3) is 0 Å². The monoisotopic (exact) mass is 171 g/mol. The molecule has 1 aromatic rings. The van der Waals surface area contributed by atoms with Crippen LogP contribution in [0.2, 0.25) is 0 Å². The van der Waals surface area contributed by atoms with Gasteiger partial charge in [0, 0.05) is 13.2 Å². The highest BCUT2D eigenvalue weighted by atomic mass is 16.5. The minimum atomic E-state index is -0.374. The first-order valence-electron chi connectivity index (χ1n) is 3.55. The fourth-order valence-electron chi connectivity index (χ4n) is 0.748. The van der Waals surface area contributed by atoms with E-state index in [1.54, 1.807) is 7.11 Å². The van der Waals surface area contributed by atoms with Gasteiger partial charge >= 0.3 is 0 Å². The topological polar surface area (TPSA) is 35.3 Å². The Morgan fingerprint density at radius 1 is 1.50 bits per heavy atom. The summed E-state index contributed by atoms with van der Waals surface area (Å²) in [4.78, 5) is 0. The van der Waals surface area contributed by atoms with Gasteiger partial charge in [-0.05, 0) is 20.8 Å². The van der Waals surface area contributed by atoms with Gasteiger partial charge < -0.3 is 9.26 Å². The minimum Gasteiger partial charge on any atom is -0.371 e. The second-order valence-electron chi connectivity index (χ2n) is 3.05. The molecule has 0 amide bonds. The van der Waals surface area contributed by atoms with Gasteiger partial charge in [0.2, 0.25) is 0 Å². The fraction of sp³-hybridized carbons (Fsp3) is 0.667. The van der Waals surface area contributed by atoms with Gasteiger partial charge in [-0.15, -0.1) is 0 Å². The third kappa shape index (κ3) is 2.08. The molecule has 70 valence electrons. The first-order valence-corrected chi connectivity index (χ1v) is 3.55. The lowest BCUT2D eigenvalue weighted by Crippen LogP contribution is -2.18. The molecule has 0 aliphatic rings. The quantitative estimate of drug-likeness (QED) is 0.685. The van der Waals surface area contributed by atoms with Crippen molar-refractivity contribution in [3.63, 3.8) is 0 Å². The summed E-state index contributed by atoms with van der Waals surface area (Å²) >= 11 is 0. The van der Waals surface area contributed by atoms with Crippen LogP contribution < -0.4 is 0 Å². The number of aromatic nitrogens is 1. The van der Waals surface area contributed by atoms with Crippen LogP contribution in [-0.4, -0.2) is 12.3 Å². The maximum Gasteiger partial charge on any atom is 0.168 e. The highest BCUT2D eigenvalue weighted by Gasteiger charge is 2.23. The predicted octanol–water partition coefficient (Wildman–Crippen LogP) is 2.50. The van der Waals surface area contributed by atoms with Gasteiger partial charge in [-0.3, -0.25) is 0 Å². The summed E-state index contributed by atoms with van der Waals surface area (Å²) in [5, 5.41) is 3.78. The number of aryl methyl sites for hydroxylation is 1. The molecule has 0 saturated heterocycles. The molecule has 0 spiro atoms. The number of ether oxygens (including phenoxy) is 1. The van der Waals surface area contributed by atoms with E-state index >= 15 is 0 Å². The number of nitrogens with zero attached hydrogens (tertiary/aromatic N) is 1. The summed E-state index contributed by atoms with van der Waals surface area (Å²) in [6, 6.07) is 1.88. The van der Waals surface area contributed by atoms with Crippen molar-refractivity contribution < 1.29 is 9.26 Å². The summed E-state index contributed by atoms with van der Waals surface area (Å²) < 4.78 is 10.2. The second kappa shape index (κ2) is 3.72. The molecule has 1 rings (SSSR count). The fourth-order valence-corrected chi connectivity index (χ4v) is 0.748. The van der Waals surface area contributed by atoms with E-state index in [1.165, 1.54) is 0 Å². The smallest absolute Gasteiger partial charge is 0.168 e. The van der Waals surface area contributed by atoms with Crippen LogP contribution in [0.4, 0.5) is 0 Å². The minimum absolute atomic E-state index is 0. The van der Waals surface area contributed by atoms with E-state index in [0.717, 1.165) is 11.5 Å². The highest BCUT2D eigenvalue weighted by Crippen LogP contribution is 2.23. The van der Waals surface area contributed by atoms with Crippen LogP contribution in [-0.2, 0) is 10.3 Å². The number of rotatable bonds is 2. The predicted molar refractivity (Wildman–Crippen MR) is 48.0 cm³/mol. The zero-order valence-electron chi connectivity index (χ0n) is 7.34. The Morgan fingerprint density at radius 3 is 2.42 bits per heavy atom. The lowest BCUT2D eigenvalue weighted by molar-refractivity contribution is -0.00349. The van der Waals surface area contributed by atoms with Crippen molar-refractivity contribution in [1.82, 2.24) is 5.16 Å². The Labute approximate surface area is 73.7 Å². The first kappa shape index (κ1) is 11.2. The van der Waals surface area contributed by atoms with Gasteiger partial charge in [0.25, 0.3) is 0 Å². The third-order valence-corrected chi connectivity index (χ3v) is 1.73. The lowest BCUT2D eigenvalue weighted by atomic mass is 10.1. The highest BCUT2D eigenvalue weighted by molar-refractivity contribution is 5.09. The van der Waals surface area contributed by atoms with Crippen molar-refractivity contribution in [2.45, 2.75) is 33.8 Å². The van der Waals surface area contributed by atoms with Gasteiger partial charge in [-0.1, -0.05) is 12.6 Å². The molecule has 3 nitrogen and oxygen atoms in total. The maximum absolute atomic E-state index is 5.20. The van der Waals surface area contributed by atoms with E-state index in [-0.39, 0.29) is 13.0 Å². The molecule has 1 heterocycles. The van der Waals surface area contributed by atoms with Crippen molar-refractivity contribution in [2.75, 3.05) is 7.11 Å². The molecule has 0 N–H and O–H groups in total. The molecule has 0 aromatic carbocycles. The van der Waals surface area contributed by atoms with E-state index < -0.39 is 0 Å². The average molecular weight is 171 g/mol. The van der Waals surface area contributed by atoms with Crippen molar-refractivity contribution in [3.8, 4) is 0 Å². The average Bonchev–Trinajstić information content (AvgIpc) is 2.36. The molecule has 3 heteroatoms. The Morgan fingerprint density at radius 2 is 2.08 bits per heavy atom. The summed E-state index contributed by atoms with van der Waals surface area (Å²) in [6.07, 6.45) is 0. The maximum atomic E-state index is 5.20. The number of hydrogen-bond acceptors (Lipinski definition) is 3. The molecule has 0 radical (unpaired) electrons. The lowest BCUT2D eigenvalue weighted by Gasteiger charge is -2.18. The largest absolute Gasteiger partial charge is 0.371 e. The van der Waals surface area contributed by atoms with Crippen LogP contribution >= 0.6 is 0 Å². The van der Waals surface area contributed by atoms with Crippen LogP contribution in [0.3, 0.4) is 0 Å². The third-order valence-electron chi connectivity index (χ3n) is 1.73.